The molecule has 0 atom stereocenters. The minimum atomic E-state index is -0.108. The Balaban J connectivity index is 1.52. The number of rotatable bonds is 9. The normalized spacial score (nSPS) is 13.7. The van der Waals surface area contributed by atoms with Crippen molar-refractivity contribution in [3.63, 3.8) is 0 Å². The number of amides is 1. The van der Waals surface area contributed by atoms with Gasteiger partial charge < -0.3 is 24.4 Å². The monoisotopic (exact) mass is 467 g/mol. The van der Waals surface area contributed by atoms with Gasteiger partial charge in [0.1, 0.15) is 11.5 Å². The van der Waals surface area contributed by atoms with Crippen LogP contribution < -0.4 is 19.7 Å². The molecular weight excluding hydrogens is 438 g/mol. The molecule has 1 fully saturated rings. The Hall–Kier alpha value is -2.97. The number of anilines is 2. The van der Waals surface area contributed by atoms with Gasteiger partial charge in [-0.1, -0.05) is 18.2 Å². The molecule has 0 saturated carbocycles. The van der Waals surface area contributed by atoms with Crippen LogP contribution in [0.2, 0.25) is 0 Å². The second-order valence-electron chi connectivity index (χ2n) is 7.44. The molecule has 1 aromatic heterocycles. The van der Waals surface area contributed by atoms with Crippen LogP contribution in [-0.4, -0.2) is 56.2 Å². The van der Waals surface area contributed by atoms with Gasteiger partial charge in [0.05, 0.1) is 49.1 Å². The van der Waals surface area contributed by atoms with Gasteiger partial charge in [0.25, 0.3) is 0 Å². The van der Waals surface area contributed by atoms with Crippen LogP contribution in [0, 0.1) is 0 Å². The van der Waals surface area contributed by atoms with Gasteiger partial charge in [-0.15, -0.1) is 11.8 Å². The van der Waals surface area contributed by atoms with Crippen LogP contribution in [-0.2, 0) is 9.53 Å². The third-order valence-electron chi connectivity index (χ3n) is 5.25. The number of morpholine rings is 1. The van der Waals surface area contributed by atoms with Gasteiger partial charge in [-0.25, -0.2) is 0 Å². The SMILES string of the molecule is CCOc1cc(N2CCOCC2)c(OCC)cc1NC(=O)CSc1ccnc2ccccc12. The highest BCUT2D eigenvalue weighted by atomic mass is 32.2. The molecule has 0 bridgehead atoms. The molecule has 0 radical (unpaired) electrons. The van der Waals surface area contributed by atoms with E-state index in [1.54, 1.807) is 6.20 Å². The van der Waals surface area contributed by atoms with Gasteiger partial charge in [0.15, 0.2) is 0 Å². The Morgan fingerprint density at radius 2 is 1.85 bits per heavy atom. The topological polar surface area (TPSA) is 72.9 Å². The summed E-state index contributed by atoms with van der Waals surface area (Å²) < 4.78 is 17.3. The summed E-state index contributed by atoms with van der Waals surface area (Å²) in [5, 5.41) is 4.06. The fourth-order valence-electron chi connectivity index (χ4n) is 3.77. The van der Waals surface area contributed by atoms with Gasteiger partial charge in [0.2, 0.25) is 5.91 Å². The molecule has 174 valence electrons. The fourth-order valence-corrected chi connectivity index (χ4v) is 4.61. The number of pyridine rings is 1. The van der Waals surface area contributed by atoms with Gasteiger partial charge in [0, 0.05) is 41.7 Å². The molecule has 1 aliphatic rings. The van der Waals surface area contributed by atoms with E-state index in [0.29, 0.717) is 37.9 Å². The number of nitrogens with one attached hydrogen (secondary N) is 1. The standard InChI is InChI=1S/C25H29N3O4S/c1-3-31-22-16-21(28-11-13-30-14-12-28)23(32-4-2)15-20(22)27-25(29)17-33-24-9-10-26-19-8-6-5-7-18(19)24/h5-10,15-16H,3-4,11-14,17H2,1-2H3,(H,27,29). The fraction of sp³-hybridized carbons (Fsp3) is 0.360. The van der Waals surface area contributed by atoms with Crippen molar-refractivity contribution in [3.8, 4) is 11.5 Å². The smallest absolute Gasteiger partial charge is 0.234 e. The minimum absolute atomic E-state index is 0.108. The number of nitrogens with zero attached hydrogens (tertiary/aromatic N) is 2. The lowest BCUT2D eigenvalue weighted by molar-refractivity contribution is -0.113. The van der Waals surface area contributed by atoms with Gasteiger partial charge >= 0.3 is 0 Å². The average Bonchev–Trinajstić information content (AvgIpc) is 2.85. The number of carbonyl (C=O) groups is 1. The zero-order valence-electron chi connectivity index (χ0n) is 19.0. The summed E-state index contributed by atoms with van der Waals surface area (Å²) in [4.78, 5) is 20.5. The second kappa shape index (κ2) is 11.2. The van der Waals surface area contributed by atoms with Crippen molar-refractivity contribution in [1.82, 2.24) is 4.98 Å². The molecule has 1 saturated heterocycles. The molecular formula is C25H29N3O4S. The van der Waals surface area contributed by atoms with Gasteiger partial charge in [-0.3, -0.25) is 9.78 Å². The predicted molar refractivity (Wildman–Crippen MR) is 133 cm³/mol. The van der Waals surface area contributed by atoms with Gasteiger partial charge in [-0.05, 0) is 26.0 Å². The lowest BCUT2D eigenvalue weighted by Gasteiger charge is -2.31. The number of aromatic nitrogens is 1. The molecule has 4 rings (SSSR count). The summed E-state index contributed by atoms with van der Waals surface area (Å²) in [6.45, 7) is 7.83. The maximum absolute atomic E-state index is 12.9. The number of benzene rings is 2. The molecule has 33 heavy (non-hydrogen) atoms. The maximum atomic E-state index is 12.9. The number of thioether (sulfide) groups is 1. The van der Waals surface area contributed by atoms with Crippen LogP contribution >= 0.6 is 11.8 Å². The molecule has 8 heteroatoms. The van der Waals surface area contributed by atoms with Crippen molar-refractivity contribution >= 4 is 39.9 Å². The molecule has 7 nitrogen and oxygen atoms in total. The number of hydrogen-bond donors (Lipinski definition) is 1. The third-order valence-corrected chi connectivity index (χ3v) is 6.33. The molecule has 0 aliphatic carbocycles. The van der Waals surface area contributed by atoms with E-state index < -0.39 is 0 Å². The Kier molecular flexibility index (Phi) is 7.91. The predicted octanol–water partition coefficient (Wildman–Crippen LogP) is 4.60. The summed E-state index contributed by atoms with van der Waals surface area (Å²) in [5.41, 5.74) is 2.49. The first kappa shape index (κ1) is 23.2. The van der Waals surface area contributed by atoms with Gasteiger partial charge in [-0.2, -0.15) is 0 Å². The van der Waals surface area contributed by atoms with Crippen LogP contribution in [0.15, 0.2) is 53.6 Å². The molecule has 2 aromatic carbocycles. The molecule has 1 amide bonds. The van der Waals surface area contributed by atoms with Crippen LogP contribution in [0.4, 0.5) is 11.4 Å². The molecule has 0 spiro atoms. The molecule has 3 aromatic rings. The average molecular weight is 468 g/mol. The minimum Gasteiger partial charge on any atom is -0.492 e. The molecule has 1 aliphatic heterocycles. The molecule has 2 heterocycles. The van der Waals surface area contributed by atoms with E-state index in [-0.39, 0.29) is 11.7 Å². The van der Waals surface area contributed by atoms with Crippen molar-refractivity contribution < 1.29 is 19.0 Å². The van der Waals surface area contributed by atoms with Crippen molar-refractivity contribution in [1.29, 1.82) is 0 Å². The van der Waals surface area contributed by atoms with Crippen LogP contribution in [0.3, 0.4) is 0 Å². The van der Waals surface area contributed by atoms with E-state index in [1.165, 1.54) is 11.8 Å². The maximum Gasteiger partial charge on any atom is 0.234 e. The van der Waals surface area contributed by atoms with E-state index in [9.17, 15) is 4.79 Å². The Labute approximate surface area is 198 Å². The van der Waals surface area contributed by atoms with E-state index in [1.807, 2.05) is 56.3 Å². The zero-order chi connectivity index (χ0) is 23.0. The number of fused-ring (bicyclic) bond motifs is 1. The highest BCUT2D eigenvalue weighted by Gasteiger charge is 2.20. The quantitative estimate of drug-likeness (QED) is 0.461. The van der Waals surface area contributed by atoms with Crippen molar-refractivity contribution in [3.05, 3.63) is 48.7 Å². The largest absolute Gasteiger partial charge is 0.492 e. The highest BCUT2D eigenvalue weighted by molar-refractivity contribution is 8.00. The first-order valence-corrected chi connectivity index (χ1v) is 12.2. The van der Waals surface area contributed by atoms with Crippen molar-refractivity contribution in [2.45, 2.75) is 18.7 Å². The van der Waals surface area contributed by atoms with Crippen LogP contribution in [0.25, 0.3) is 10.9 Å². The number of ether oxygens (including phenoxy) is 3. The van der Waals surface area contributed by atoms with Crippen LogP contribution in [0.5, 0.6) is 11.5 Å². The van der Waals surface area contributed by atoms with Crippen molar-refractivity contribution in [2.75, 3.05) is 55.5 Å². The van der Waals surface area contributed by atoms with E-state index >= 15 is 0 Å². The Morgan fingerprint density at radius 1 is 1.09 bits per heavy atom. The van der Waals surface area contributed by atoms with E-state index in [2.05, 4.69) is 15.2 Å². The summed E-state index contributed by atoms with van der Waals surface area (Å²) in [7, 11) is 0. The number of hydrogen-bond acceptors (Lipinski definition) is 7. The summed E-state index contributed by atoms with van der Waals surface area (Å²) in [6.07, 6.45) is 1.77. The summed E-state index contributed by atoms with van der Waals surface area (Å²) in [6, 6.07) is 13.7. The summed E-state index contributed by atoms with van der Waals surface area (Å²) >= 11 is 1.49. The first-order valence-electron chi connectivity index (χ1n) is 11.2. The van der Waals surface area contributed by atoms with Crippen molar-refractivity contribution in [2.24, 2.45) is 0 Å². The van der Waals surface area contributed by atoms with E-state index in [4.69, 9.17) is 14.2 Å². The number of carbonyl (C=O) groups excluding carboxylic acids is 1. The zero-order valence-corrected chi connectivity index (χ0v) is 19.8. The lowest BCUT2D eigenvalue weighted by Crippen LogP contribution is -2.36. The lowest BCUT2D eigenvalue weighted by atomic mass is 10.2. The Bertz CT molecular complexity index is 1100. The van der Waals surface area contributed by atoms with E-state index in [0.717, 1.165) is 40.3 Å². The Morgan fingerprint density at radius 3 is 2.64 bits per heavy atom. The first-order chi connectivity index (χ1) is 16.2. The highest BCUT2D eigenvalue weighted by Crippen LogP contribution is 2.39. The third kappa shape index (κ3) is 5.69. The molecule has 1 N–H and O–H groups in total. The molecule has 0 unspecified atom stereocenters. The number of para-hydroxylation sites is 1. The second-order valence-corrected chi connectivity index (χ2v) is 8.46. The summed E-state index contributed by atoms with van der Waals surface area (Å²) in [5.74, 6) is 1.53. The van der Waals surface area contributed by atoms with Crippen LogP contribution in [0.1, 0.15) is 13.8 Å².